The van der Waals surface area contributed by atoms with Crippen LogP contribution in [0, 0.1) is 12.2 Å². The Balaban J connectivity index is -0.000000233. The summed E-state index contributed by atoms with van der Waals surface area (Å²) in [6, 6.07) is 0. The number of hydrogen-bond donors (Lipinski definition) is 0. The third-order valence-electron chi connectivity index (χ3n) is 2.57. The van der Waals surface area contributed by atoms with E-state index in [0.717, 1.165) is 12.8 Å². The summed E-state index contributed by atoms with van der Waals surface area (Å²) in [5, 5.41) is 0. The maximum Gasteiger partial charge on any atom is 4.00 e. The molecule has 0 unspecified atom stereocenters. The van der Waals surface area contributed by atoms with E-state index in [-0.39, 0.29) is 29.1 Å². The molecule has 2 aliphatic carbocycles. The molecule has 0 aromatic rings. The molecule has 0 aromatic carbocycles. The molecular formula is C16H24Zr. The van der Waals surface area contributed by atoms with Crippen molar-refractivity contribution in [3.8, 4) is 0 Å². The Morgan fingerprint density at radius 2 is 1.35 bits per heavy atom. The van der Waals surface area contributed by atoms with Crippen molar-refractivity contribution in [3.63, 3.8) is 0 Å². The van der Waals surface area contributed by atoms with Gasteiger partial charge in [-0.15, -0.1) is 12.8 Å². The van der Waals surface area contributed by atoms with E-state index in [4.69, 9.17) is 0 Å². The Bertz CT molecular complexity index is 283. The van der Waals surface area contributed by atoms with Crippen LogP contribution in [0.1, 0.15) is 55.2 Å². The van der Waals surface area contributed by atoms with Gasteiger partial charge >= 0.3 is 26.2 Å². The van der Waals surface area contributed by atoms with Crippen LogP contribution in [0.4, 0.5) is 0 Å². The predicted octanol–water partition coefficient (Wildman–Crippen LogP) is 5.17. The summed E-state index contributed by atoms with van der Waals surface area (Å²) >= 11 is 0. The fourth-order valence-electron chi connectivity index (χ4n) is 1.78. The Labute approximate surface area is 129 Å². The van der Waals surface area contributed by atoms with Gasteiger partial charge in [-0.25, -0.2) is 23.3 Å². The zero-order chi connectivity index (χ0) is 11.6. The fourth-order valence-corrected chi connectivity index (χ4v) is 1.78. The van der Waals surface area contributed by atoms with E-state index < -0.39 is 0 Å². The van der Waals surface area contributed by atoms with Crippen molar-refractivity contribution in [2.24, 2.45) is 0 Å². The summed E-state index contributed by atoms with van der Waals surface area (Å²) in [5.41, 5.74) is 2.79. The van der Waals surface area contributed by atoms with Crippen LogP contribution in [0.15, 0.2) is 35.5 Å². The maximum atomic E-state index is 3.26. The third-order valence-corrected chi connectivity index (χ3v) is 2.57. The summed E-state index contributed by atoms with van der Waals surface area (Å²) in [5.74, 6) is 0. The van der Waals surface area contributed by atoms with Crippen LogP contribution in [-0.4, -0.2) is 0 Å². The number of rotatable bonds is 4. The zero-order valence-corrected chi connectivity index (χ0v) is 13.5. The molecule has 0 nitrogen and oxygen atoms in total. The Hall–Kier alpha value is -0.157. The van der Waals surface area contributed by atoms with Crippen molar-refractivity contribution in [2.75, 3.05) is 0 Å². The minimum Gasteiger partial charge on any atom is -1.00 e. The summed E-state index contributed by atoms with van der Waals surface area (Å²) < 4.78 is 0. The molecule has 1 heteroatoms. The Kier molecular flexibility index (Phi) is 10.9. The average Bonchev–Trinajstić information content (AvgIpc) is 2.92. The standard InChI is InChI=1S/2C8H11.Zr.2H/c2*1-2-5-8-6-3-4-7-8;;;/h2*3,6H,2,4-5H2,1H3;;;/q2*-1;+4;2*-1. The molecule has 0 saturated heterocycles. The van der Waals surface area contributed by atoms with E-state index in [1.165, 1.54) is 36.8 Å². The van der Waals surface area contributed by atoms with Crippen LogP contribution in [0.5, 0.6) is 0 Å². The van der Waals surface area contributed by atoms with Gasteiger partial charge in [0.1, 0.15) is 0 Å². The molecule has 0 radical (unpaired) electrons. The van der Waals surface area contributed by atoms with Gasteiger partial charge < -0.3 is 2.85 Å². The third kappa shape index (κ3) is 7.71. The quantitative estimate of drug-likeness (QED) is 0.628. The van der Waals surface area contributed by atoms with Gasteiger partial charge in [0.05, 0.1) is 0 Å². The van der Waals surface area contributed by atoms with Gasteiger partial charge in [0.2, 0.25) is 0 Å². The van der Waals surface area contributed by atoms with Crippen LogP contribution in [0.25, 0.3) is 0 Å². The largest absolute Gasteiger partial charge is 4.00 e. The van der Waals surface area contributed by atoms with Gasteiger partial charge in [0, 0.05) is 0 Å². The number of hydrogen-bond acceptors (Lipinski definition) is 0. The molecule has 0 fully saturated rings. The van der Waals surface area contributed by atoms with Crippen LogP contribution in [0.2, 0.25) is 0 Å². The average molecular weight is 308 g/mol. The van der Waals surface area contributed by atoms with Crippen molar-refractivity contribution >= 4 is 0 Å². The first-order valence-electron chi connectivity index (χ1n) is 6.39. The Morgan fingerprint density at radius 3 is 1.59 bits per heavy atom. The van der Waals surface area contributed by atoms with E-state index in [2.05, 4.69) is 50.3 Å². The molecule has 0 amide bonds. The van der Waals surface area contributed by atoms with Crippen molar-refractivity contribution in [1.29, 1.82) is 0 Å². The molecule has 0 heterocycles. The first-order valence-corrected chi connectivity index (χ1v) is 6.39. The van der Waals surface area contributed by atoms with Crippen molar-refractivity contribution in [1.82, 2.24) is 0 Å². The monoisotopic (exact) mass is 306 g/mol. The van der Waals surface area contributed by atoms with E-state index >= 15 is 0 Å². The van der Waals surface area contributed by atoms with Crippen molar-refractivity contribution in [3.05, 3.63) is 47.6 Å². The first kappa shape index (κ1) is 16.8. The first-order chi connectivity index (χ1) is 7.86. The van der Waals surface area contributed by atoms with Crippen molar-refractivity contribution < 1.29 is 29.1 Å². The smallest absolute Gasteiger partial charge is 1.00 e. The summed E-state index contributed by atoms with van der Waals surface area (Å²) in [7, 11) is 0. The van der Waals surface area contributed by atoms with Crippen LogP contribution < -0.4 is 0 Å². The van der Waals surface area contributed by atoms with E-state index in [1.807, 2.05) is 0 Å². The summed E-state index contributed by atoms with van der Waals surface area (Å²) in [4.78, 5) is 0. The van der Waals surface area contributed by atoms with E-state index in [9.17, 15) is 0 Å². The van der Waals surface area contributed by atoms with Gasteiger partial charge in [0.25, 0.3) is 0 Å². The molecule has 17 heavy (non-hydrogen) atoms. The van der Waals surface area contributed by atoms with Gasteiger partial charge in [-0.1, -0.05) is 39.5 Å². The second kappa shape index (κ2) is 11.0. The minimum atomic E-state index is 0. The van der Waals surface area contributed by atoms with Crippen LogP contribution in [-0.2, 0) is 26.2 Å². The molecule has 0 aliphatic heterocycles. The van der Waals surface area contributed by atoms with Gasteiger partial charge in [-0.2, -0.15) is 12.2 Å². The summed E-state index contributed by atoms with van der Waals surface area (Å²) in [6.45, 7) is 4.39. The molecule has 0 atom stereocenters. The van der Waals surface area contributed by atoms with Gasteiger partial charge in [0.15, 0.2) is 0 Å². The van der Waals surface area contributed by atoms with E-state index in [1.54, 1.807) is 0 Å². The molecule has 92 valence electrons. The SMILES string of the molecule is CCCC1=[C-]CC=C1.CCCC1=[C-]CC=C1.[H-].[H-].[Zr+4]. The maximum absolute atomic E-state index is 3.26. The fraction of sp³-hybridized carbons (Fsp3) is 0.500. The molecule has 0 aromatic heterocycles. The molecule has 2 aliphatic rings. The normalized spacial score (nSPS) is 15.9. The van der Waals surface area contributed by atoms with Crippen LogP contribution >= 0.6 is 0 Å². The van der Waals surface area contributed by atoms with Gasteiger partial charge in [-0.05, 0) is 0 Å². The zero-order valence-electron chi connectivity index (χ0n) is 13.1. The number of allylic oxidation sites excluding steroid dienone is 8. The second-order valence-electron chi connectivity index (χ2n) is 4.12. The van der Waals surface area contributed by atoms with E-state index in [0.29, 0.717) is 0 Å². The predicted molar refractivity (Wildman–Crippen MR) is 73.1 cm³/mol. The summed E-state index contributed by atoms with van der Waals surface area (Å²) in [6.07, 6.45) is 22.2. The molecule has 0 spiro atoms. The topological polar surface area (TPSA) is 0 Å². The molecule has 0 saturated carbocycles. The Morgan fingerprint density at radius 1 is 0.941 bits per heavy atom. The van der Waals surface area contributed by atoms with Crippen LogP contribution in [0.3, 0.4) is 0 Å². The second-order valence-corrected chi connectivity index (χ2v) is 4.12. The molecular weight excluding hydrogens is 283 g/mol. The molecule has 2 rings (SSSR count). The minimum absolute atomic E-state index is 0. The molecule has 0 N–H and O–H groups in total. The van der Waals surface area contributed by atoms with Gasteiger partial charge in [-0.3, -0.25) is 12.2 Å². The van der Waals surface area contributed by atoms with Crippen molar-refractivity contribution in [2.45, 2.75) is 52.4 Å². The molecule has 0 bridgehead atoms.